The highest BCUT2D eigenvalue weighted by molar-refractivity contribution is 6.31. The van der Waals surface area contributed by atoms with Crippen LogP contribution >= 0.6 is 23.2 Å². The van der Waals surface area contributed by atoms with Gasteiger partial charge in [0.15, 0.2) is 0 Å². The third-order valence-corrected chi connectivity index (χ3v) is 10.2. The molecule has 1 amide bonds. The monoisotopic (exact) mass is 741 g/mol. The maximum atomic E-state index is 16.4. The number of hydrogen-bond acceptors (Lipinski definition) is 7. The van der Waals surface area contributed by atoms with Gasteiger partial charge in [-0.3, -0.25) is 14.5 Å². The van der Waals surface area contributed by atoms with Gasteiger partial charge in [0, 0.05) is 29.1 Å². The number of carboxylic acids is 1. The molecule has 2 fully saturated rings. The topological polar surface area (TPSA) is 129 Å². The van der Waals surface area contributed by atoms with Crippen molar-refractivity contribution < 1.29 is 37.7 Å². The lowest BCUT2D eigenvalue weighted by Crippen LogP contribution is -2.48. The van der Waals surface area contributed by atoms with E-state index in [1.165, 1.54) is 55.6 Å². The number of aromatic carboxylic acids is 1. The molecule has 0 aromatic heterocycles. The van der Waals surface area contributed by atoms with Gasteiger partial charge in [-0.15, -0.1) is 0 Å². The molecular weight excluding hydrogens is 703 g/mol. The third-order valence-electron chi connectivity index (χ3n) is 9.71. The molecule has 1 saturated carbocycles. The van der Waals surface area contributed by atoms with Crippen LogP contribution in [0, 0.1) is 40.2 Å². The molecule has 1 saturated heterocycles. The molecule has 1 aliphatic heterocycles. The number of hydrogen-bond donors (Lipinski definition) is 2. The number of benzene rings is 3. The summed E-state index contributed by atoms with van der Waals surface area (Å²) in [5.41, 5.74) is -2.53. The number of anilines is 1. The van der Waals surface area contributed by atoms with Gasteiger partial charge in [-0.2, -0.15) is 5.26 Å². The van der Waals surface area contributed by atoms with Crippen molar-refractivity contribution in [1.29, 1.82) is 5.26 Å². The van der Waals surface area contributed by atoms with Crippen LogP contribution in [0.3, 0.4) is 0 Å². The molecular formula is C38H39Cl2F2N3O6. The summed E-state index contributed by atoms with van der Waals surface area (Å²) in [6.45, 7) is 7.85. The number of likely N-dealkylation sites (tertiary alicyclic amines) is 1. The van der Waals surface area contributed by atoms with E-state index < -0.39 is 58.3 Å². The molecule has 2 unspecified atom stereocenters. The first kappa shape index (κ1) is 38.0. The van der Waals surface area contributed by atoms with Gasteiger partial charge in [-0.25, -0.2) is 13.6 Å². The van der Waals surface area contributed by atoms with Crippen molar-refractivity contribution in [2.45, 2.75) is 64.0 Å². The summed E-state index contributed by atoms with van der Waals surface area (Å²) in [4.78, 5) is 41.2. The van der Waals surface area contributed by atoms with Crippen molar-refractivity contribution in [2.75, 3.05) is 25.6 Å². The molecule has 3 aromatic carbocycles. The molecule has 0 radical (unpaired) electrons. The third kappa shape index (κ3) is 7.41. The van der Waals surface area contributed by atoms with Crippen LogP contribution in [0.15, 0.2) is 54.6 Å². The number of carbonyl (C=O) groups is 3. The second-order valence-corrected chi connectivity index (χ2v) is 15.1. The highest BCUT2D eigenvalue weighted by Gasteiger charge is 2.66. The van der Waals surface area contributed by atoms with Crippen molar-refractivity contribution in [3.63, 3.8) is 0 Å². The number of carbonyl (C=O) groups excluding carboxylic acids is 2. The van der Waals surface area contributed by atoms with Gasteiger partial charge in [-0.1, -0.05) is 62.2 Å². The minimum Gasteiger partial charge on any atom is -0.495 e. The zero-order valence-electron chi connectivity index (χ0n) is 28.8. The van der Waals surface area contributed by atoms with Gasteiger partial charge in [0.25, 0.3) is 0 Å². The molecule has 2 aliphatic rings. The molecule has 0 spiro atoms. The Balaban J connectivity index is 1.79. The van der Waals surface area contributed by atoms with Crippen LogP contribution in [-0.2, 0) is 19.7 Å². The highest BCUT2D eigenvalue weighted by Crippen LogP contribution is 2.58. The number of amides is 1. The summed E-state index contributed by atoms with van der Waals surface area (Å²) in [5, 5.41) is 23.6. The number of ether oxygens (including phenoxy) is 2. The first-order chi connectivity index (χ1) is 24.1. The average molecular weight is 743 g/mol. The van der Waals surface area contributed by atoms with E-state index in [1.807, 2.05) is 20.8 Å². The lowest BCUT2D eigenvalue weighted by Gasteiger charge is -2.39. The summed E-state index contributed by atoms with van der Waals surface area (Å²) in [6.07, 6.45) is 0.708. The highest BCUT2D eigenvalue weighted by atomic mass is 35.5. The Morgan fingerprint density at radius 3 is 2.45 bits per heavy atom. The summed E-state index contributed by atoms with van der Waals surface area (Å²) >= 11 is 12.5. The predicted molar refractivity (Wildman–Crippen MR) is 188 cm³/mol. The van der Waals surface area contributed by atoms with E-state index in [-0.39, 0.29) is 69.6 Å². The smallest absolute Gasteiger partial charge is 0.335 e. The SMILES string of the molecule is CCOC(=O)C1CC1CN1[C@@H](CC(C)(C)C)[C@](C#N)(c2ccc(Cl)cc2F)[C@@H](c2cccc(Cl)c2F)[C@@H]1C(=O)Nc1ccc(C(=O)O)cc1OC. The number of rotatable bonds is 11. The van der Waals surface area contributed by atoms with Crippen LogP contribution in [0.1, 0.15) is 67.9 Å². The molecule has 5 rings (SSSR count). The molecule has 1 aliphatic carbocycles. The first-order valence-electron chi connectivity index (χ1n) is 16.5. The molecule has 9 nitrogen and oxygen atoms in total. The van der Waals surface area contributed by atoms with Crippen LogP contribution in [0.5, 0.6) is 5.75 Å². The molecule has 1 heterocycles. The van der Waals surface area contributed by atoms with Gasteiger partial charge in [0.2, 0.25) is 5.91 Å². The largest absolute Gasteiger partial charge is 0.495 e. The number of halogens is 4. The Bertz CT molecular complexity index is 1900. The Hall–Kier alpha value is -4.24. The molecule has 2 N–H and O–H groups in total. The second-order valence-electron chi connectivity index (χ2n) is 14.2. The van der Waals surface area contributed by atoms with E-state index in [4.69, 9.17) is 32.7 Å². The van der Waals surface area contributed by atoms with Crippen molar-refractivity contribution >= 4 is 46.7 Å². The van der Waals surface area contributed by atoms with Gasteiger partial charge in [-0.05, 0) is 73.1 Å². The summed E-state index contributed by atoms with van der Waals surface area (Å²) in [6, 6.07) is 12.3. The molecule has 3 aromatic rings. The normalized spacial score (nSPS) is 24.4. The maximum absolute atomic E-state index is 16.4. The van der Waals surface area contributed by atoms with E-state index in [9.17, 15) is 24.8 Å². The zero-order valence-corrected chi connectivity index (χ0v) is 30.3. The van der Waals surface area contributed by atoms with E-state index >= 15 is 8.78 Å². The fourth-order valence-corrected chi connectivity index (χ4v) is 7.79. The standard InChI is InChI=1S/C38H39Cl2F2N3O6/c1-6-51-36(49)24-14-21(24)18-45-30(17-37(2,3)4)38(19-43,25-12-11-22(39)16-27(25)41)31(23-8-7-9-26(40)32(23)42)33(45)34(46)44-28-13-10-20(35(47)48)15-29(28)50-5/h7-13,15-16,21,24,30-31,33H,6,14,17-18H2,1-5H3,(H,44,46)(H,47,48)/t21?,24?,30-,31-,33+,38-/m0/s1. The number of carboxylic acid groups (broad SMARTS) is 1. The summed E-state index contributed by atoms with van der Waals surface area (Å²) in [7, 11) is 1.31. The lowest BCUT2D eigenvalue weighted by atomic mass is 9.62. The van der Waals surface area contributed by atoms with Crippen LogP contribution in [0.4, 0.5) is 14.5 Å². The zero-order chi connectivity index (χ0) is 37.4. The average Bonchev–Trinajstić information content (AvgIpc) is 3.79. The Morgan fingerprint density at radius 2 is 1.84 bits per heavy atom. The lowest BCUT2D eigenvalue weighted by molar-refractivity contribution is -0.145. The van der Waals surface area contributed by atoms with Gasteiger partial charge >= 0.3 is 11.9 Å². The van der Waals surface area contributed by atoms with Crippen LogP contribution < -0.4 is 10.1 Å². The minimum atomic E-state index is -1.90. The molecule has 6 atom stereocenters. The Labute approximate surface area is 305 Å². The van der Waals surface area contributed by atoms with E-state index in [0.29, 0.717) is 6.42 Å². The Kier molecular flexibility index (Phi) is 11.0. The van der Waals surface area contributed by atoms with E-state index in [0.717, 1.165) is 6.07 Å². The van der Waals surface area contributed by atoms with E-state index in [1.54, 1.807) is 11.8 Å². The van der Waals surface area contributed by atoms with Crippen molar-refractivity contribution in [3.8, 4) is 11.8 Å². The van der Waals surface area contributed by atoms with Crippen molar-refractivity contribution in [1.82, 2.24) is 4.90 Å². The van der Waals surface area contributed by atoms with Gasteiger partial charge in [0.05, 0.1) is 48.0 Å². The molecule has 51 heavy (non-hydrogen) atoms. The van der Waals surface area contributed by atoms with Gasteiger partial charge < -0.3 is 19.9 Å². The molecule has 0 bridgehead atoms. The Morgan fingerprint density at radius 1 is 1.12 bits per heavy atom. The molecule has 13 heteroatoms. The fraction of sp³-hybridized carbons (Fsp3) is 0.421. The number of methoxy groups -OCH3 is 1. The number of nitriles is 1. The van der Waals surface area contributed by atoms with Gasteiger partial charge in [0.1, 0.15) is 22.8 Å². The predicted octanol–water partition coefficient (Wildman–Crippen LogP) is 7.85. The number of nitrogens with zero attached hydrogens (tertiary/aromatic N) is 2. The van der Waals surface area contributed by atoms with Crippen molar-refractivity contribution in [2.24, 2.45) is 17.3 Å². The summed E-state index contributed by atoms with van der Waals surface area (Å²) < 4.78 is 43.4. The fourth-order valence-electron chi connectivity index (χ4n) is 7.45. The van der Waals surface area contributed by atoms with E-state index in [2.05, 4.69) is 11.4 Å². The summed E-state index contributed by atoms with van der Waals surface area (Å²) in [5.74, 6) is -6.01. The van der Waals surface area contributed by atoms with Crippen LogP contribution in [0.25, 0.3) is 0 Å². The quantitative estimate of drug-likeness (QED) is 0.190. The van der Waals surface area contributed by atoms with Crippen LogP contribution in [-0.4, -0.2) is 60.2 Å². The van der Waals surface area contributed by atoms with Crippen LogP contribution in [0.2, 0.25) is 10.0 Å². The van der Waals surface area contributed by atoms with Crippen molar-refractivity contribution in [3.05, 3.63) is 93.0 Å². The second kappa shape index (κ2) is 14.8. The molecule has 270 valence electrons. The first-order valence-corrected chi connectivity index (χ1v) is 17.3. The number of nitrogens with one attached hydrogen (secondary N) is 1. The minimum absolute atomic E-state index is 0.0457. The number of esters is 1. The maximum Gasteiger partial charge on any atom is 0.335 e.